The first kappa shape index (κ1) is 17.5. The number of nitrogens with one attached hydrogen (secondary N) is 1. The quantitative estimate of drug-likeness (QED) is 0.559. The lowest BCUT2D eigenvalue weighted by Crippen LogP contribution is -2.19. The summed E-state index contributed by atoms with van der Waals surface area (Å²) in [5.41, 5.74) is 1.10. The van der Waals surface area contributed by atoms with Crippen molar-refractivity contribution in [3.63, 3.8) is 0 Å². The minimum atomic E-state index is -2.71. The van der Waals surface area contributed by atoms with Crippen molar-refractivity contribution in [2.45, 2.75) is 18.2 Å². The maximum Gasteiger partial charge on any atom is 0.312 e. The topological polar surface area (TPSA) is 67.8 Å². The monoisotopic (exact) mass is 335 g/mol. The first-order chi connectivity index (χ1) is 9.40. The van der Waals surface area contributed by atoms with Gasteiger partial charge in [0.25, 0.3) is 0 Å². The average molecular weight is 335 g/mol. The maximum atomic E-state index is 10.5. The number of carboxylic acid groups (broad SMARTS) is 1. The van der Waals surface area contributed by atoms with Crippen molar-refractivity contribution in [2.24, 2.45) is 0 Å². The molecule has 5 nitrogen and oxygen atoms in total. The van der Waals surface area contributed by atoms with Gasteiger partial charge in [-0.2, -0.15) is 0 Å². The summed E-state index contributed by atoms with van der Waals surface area (Å²) < 4.78 is 10.9. The van der Waals surface area contributed by atoms with Crippen LogP contribution in [-0.4, -0.2) is 31.0 Å². The molecule has 1 aromatic carbocycles. The van der Waals surface area contributed by atoms with Gasteiger partial charge in [0.2, 0.25) is 0 Å². The Hall–Kier alpha value is -0.590. The van der Waals surface area contributed by atoms with Gasteiger partial charge in [0.1, 0.15) is 5.75 Å². The SMILES string of the molecule is COP(=S)(NCCC(=O)O)Oc1ccc(SC)c(C)c1. The highest BCUT2D eigenvalue weighted by atomic mass is 32.5. The summed E-state index contributed by atoms with van der Waals surface area (Å²) in [6.07, 6.45) is 1.98. The van der Waals surface area contributed by atoms with E-state index in [0.29, 0.717) is 5.75 Å². The molecule has 1 atom stereocenters. The number of carboxylic acids is 1. The molecule has 0 aromatic heterocycles. The summed E-state index contributed by atoms with van der Waals surface area (Å²) in [5, 5.41) is 11.5. The molecule has 0 radical (unpaired) electrons. The number of aliphatic carboxylic acids is 1. The Labute approximate surface area is 128 Å². The minimum Gasteiger partial charge on any atom is -0.481 e. The van der Waals surface area contributed by atoms with Gasteiger partial charge >= 0.3 is 12.6 Å². The molecule has 0 aliphatic carbocycles. The largest absolute Gasteiger partial charge is 0.481 e. The lowest BCUT2D eigenvalue weighted by molar-refractivity contribution is -0.136. The van der Waals surface area contributed by atoms with Crippen molar-refractivity contribution in [3.05, 3.63) is 23.8 Å². The molecule has 20 heavy (non-hydrogen) atoms. The lowest BCUT2D eigenvalue weighted by atomic mass is 10.2. The predicted molar refractivity (Wildman–Crippen MR) is 85.1 cm³/mol. The summed E-state index contributed by atoms with van der Waals surface area (Å²) in [6.45, 7) is -0.505. The highest BCUT2D eigenvalue weighted by Crippen LogP contribution is 2.44. The predicted octanol–water partition coefficient (Wildman–Crippen LogP) is 3.03. The summed E-state index contributed by atoms with van der Waals surface area (Å²) >= 11 is 6.96. The Kier molecular flexibility index (Phi) is 6.99. The van der Waals surface area contributed by atoms with E-state index in [2.05, 4.69) is 5.09 Å². The molecule has 1 aromatic rings. The molecule has 0 aliphatic rings. The second-order valence-corrected chi connectivity index (χ2v) is 8.10. The number of aryl methyl sites for hydroxylation is 1. The third-order valence-corrected chi connectivity index (χ3v) is 5.98. The van der Waals surface area contributed by atoms with E-state index >= 15 is 0 Å². The van der Waals surface area contributed by atoms with Gasteiger partial charge in [0.15, 0.2) is 0 Å². The summed E-state index contributed by atoms with van der Waals surface area (Å²) in [6, 6.07) is 5.68. The Bertz CT molecular complexity index is 524. The van der Waals surface area contributed by atoms with E-state index in [0.717, 1.165) is 5.56 Å². The molecule has 8 heteroatoms. The maximum absolute atomic E-state index is 10.5. The van der Waals surface area contributed by atoms with Crippen molar-refractivity contribution in [1.29, 1.82) is 0 Å². The van der Waals surface area contributed by atoms with E-state index in [1.807, 2.05) is 31.4 Å². The van der Waals surface area contributed by atoms with E-state index in [4.69, 9.17) is 26.0 Å². The fraction of sp³-hybridized carbons (Fsp3) is 0.417. The highest BCUT2D eigenvalue weighted by molar-refractivity contribution is 8.09. The molecule has 1 rings (SSSR count). The Morgan fingerprint density at radius 2 is 2.25 bits per heavy atom. The number of hydrogen-bond donors (Lipinski definition) is 2. The highest BCUT2D eigenvalue weighted by Gasteiger charge is 2.19. The van der Waals surface area contributed by atoms with Gasteiger partial charge in [-0.05, 0) is 48.7 Å². The van der Waals surface area contributed by atoms with Crippen LogP contribution in [0.4, 0.5) is 0 Å². The zero-order valence-electron chi connectivity index (χ0n) is 11.6. The number of rotatable bonds is 8. The molecule has 0 bridgehead atoms. The van der Waals surface area contributed by atoms with Crippen LogP contribution in [0.3, 0.4) is 0 Å². The van der Waals surface area contributed by atoms with Crippen LogP contribution in [0.2, 0.25) is 0 Å². The molecule has 0 spiro atoms. The number of benzene rings is 1. The zero-order chi connectivity index (χ0) is 15.2. The normalized spacial score (nSPS) is 13.8. The molecule has 0 amide bonds. The van der Waals surface area contributed by atoms with Gasteiger partial charge in [0, 0.05) is 18.6 Å². The third-order valence-electron chi connectivity index (χ3n) is 2.48. The van der Waals surface area contributed by atoms with E-state index in [1.165, 1.54) is 12.0 Å². The summed E-state index contributed by atoms with van der Waals surface area (Å²) in [7, 11) is 1.46. The first-order valence-corrected chi connectivity index (χ1v) is 9.73. The number of carbonyl (C=O) groups is 1. The molecule has 0 fully saturated rings. The first-order valence-electron chi connectivity index (χ1n) is 5.87. The summed E-state index contributed by atoms with van der Waals surface area (Å²) in [4.78, 5) is 11.7. The fourth-order valence-corrected chi connectivity index (χ4v) is 3.64. The third kappa shape index (κ3) is 5.42. The van der Waals surface area contributed by atoms with E-state index in [-0.39, 0.29) is 13.0 Å². The number of thioether (sulfide) groups is 1. The molecular formula is C12H18NO4PS2. The van der Waals surface area contributed by atoms with Gasteiger partial charge in [-0.1, -0.05) is 0 Å². The zero-order valence-corrected chi connectivity index (χ0v) is 14.1. The molecule has 2 N–H and O–H groups in total. The van der Waals surface area contributed by atoms with Crippen LogP contribution in [0.5, 0.6) is 5.75 Å². The van der Waals surface area contributed by atoms with Crippen LogP contribution in [-0.2, 0) is 21.1 Å². The number of hydrogen-bond acceptors (Lipinski definition) is 5. The lowest BCUT2D eigenvalue weighted by Gasteiger charge is -2.22. The second-order valence-electron chi connectivity index (χ2n) is 3.95. The van der Waals surface area contributed by atoms with Gasteiger partial charge in [-0.15, -0.1) is 11.8 Å². The van der Waals surface area contributed by atoms with Crippen molar-refractivity contribution >= 4 is 36.2 Å². The van der Waals surface area contributed by atoms with Crippen LogP contribution in [0, 0.1) is 6.92 Å². The van der Waals surface area contributed by atoms with Crippen LogP contribution in [0.25, 0.3) is 0 Å². The van der Waals surface area contributed by atoms with Crippen LogP contribution >= 0.6 is 18.4 Å². The second kappa shape index (κ2) is 8.00. The van der Waals surface area contributed by atoms with E-state index in [9.17, 15) is 4.79 Å². The molecule has 1 unspecified atom stereocenters. The van der Waals surface area contributed by atoms with Gasteiger partial charge in [0.05, 0.1) is 6.42 Å². The van der Waals surface area contributed by atoms with E-state index < -0.39 is 12.6 Å². The van der Waals surface area contributed by atoms with Crippen molar-refractivity contribution in [3.8, 4) is 5.75 Å². The molecule has 0 heterocycles. The standard InChI is InChI=1S/C12H18NO4PS2/c1-9-8-10(4-5-11(9)20-3)17-18(19,16-2)13-7-6-12(14)15/h4-5,8H,6-7H2,1-3H3,(H,13,19)(H,14,15). The minimum absolute atomic E-state index is 0.0322. The van der Waals surface area contributed by atoms with Crippen LogP contribution < -0.4 is 9.61 Å². The smallest absolute Gasteiger partial charge is 0.312 e. The molecule has 0 aliphatic heterocycles. The fourth-order valence-electron chi connectivity index (χ4n) is 1.48. The van der Waals surface area contributed by atoms with Crippen molar-refractivity contribution in [2.75, 3.05) is 19.9 Å². The average Bonchev–Trinajstić information content (AvgIpc) is 2.38. The Balaban J connectivity index is 2.74. The van der Waals surface area contributed by atoms with Crippen LogP contribution in [0.15, 0.2) is 23.1 Å². The van der Waals surface area contributed by atoms with Crippen molar-refractivity contribution in [1.82, 2.24) is 5.09 Å². The van der Waals surface area contributed by atoms with Crippen LogP contribution in [0.1, 0.15) is 12.0 Å². The van der Waals surface area contributed by atoms with E-state index in [1.54, 1.807) is 11.8 Å². The molecule has 0 saturated carbocycles. The molecule has 112 valence electrons. The molecular weight excluding hydrogens is 317 g/mol. The van der Waals surface area contributed by atoms with Gasteiger partial charge in [-0.3, -0.25) is 4.79 Å². The Morgan fingerprint density at radius 1 is 1.55 bits per heavy atom. The van der Waals surface area contributed by atoms with Gasteiger partial charge in [-0.25, -0.2) is 5.09 Å². The van der Waals surface area contributed by atoms with Gasteiger partial charge < -0.3 is 14.2 Å². The summed E-state index contributed by atoms with van der Waals surface area (Å²) in [5.74, 6) is -0.274. The van der Waals surface area contributed by atoms with Crippen molar-refractivity contribution < 1.29 is 18.9 Å². The molecule has 0 saturated heterocycles. The Morgan fingerprint density at radius 3 is 2.75 bits per heavy atom.